The molecule has 0 N–H and O–H groups in total. The van der Waals surface area contributed by atoms with E-state index in [1.807, 2.05) is 48.6 Å². The van der Waals surface area contributed by atoms with E-state index in [0.29, 0.717) is 23.0 Å². The smallest absolute Gasteiger partial charge is 0.185 e. The van der Waals surface area contributed by atoms with E-state index < -0.39 is 0 Å². The van der Waals surface area contributed by atoms with E-state index in [1.165, 1.54) is 0 Å². The van der Waals surface area contributed by atoms with Crippen molar-refractivity contribution in [3.8, 4) is 23.0 Å². The maximum atomic E-state index is 13.3. The summed E-state index contributed by atoms with van der Waals surface area (Å²) in [5, 5.41) is 0. The molecule has 2 aromatic carbocycles. The molecule has 30 heavy (non-hydrogen) atoms. The molecule has 0 aliphatic heterocycles. The SMILES string of the molecule is COc1ccc(/C=C2\CCCC/C(=C\c3ccc(OC)c(OC)c3)C2=O)cc1OC. The molecule has 1 fully saturated rings. The van der Waals surface area contributed by atoms with Crippen molar-refractivity contribution in [2.45, 2.75) is 25.7 Å². The number of ketones is 1. The second-order valence-electron chi connectivity index (χ2n) is 7.10. The van der Waals surface area contributed by atoms with Gasteiger partial charge < -0.3 is 18.9 Å². The molecule has 0 bridgehead atoms. The summed E-state index contributed by atoms with van der Waals surface area (Å²) in [5.74, 6) is 2.72. The molecule has 0 aromatic heterocycles. The van der Waals surface area contributed by atoms with Crippen molar-refractivity contribution in [3.63, 3.8) is 0 Å². The van der Waals surface area contributed by atoms with Gasteiger partial charge in [0.25, 0.3) is 0 Å². The van der Waals surface area contributed by atoms with Gasteiger partial charge in [0.2, 0.25) is 0 Å². The van der Waals surface area contributed by atoms with E-state index in [-0.39, 0.29) is 5.78 Å². The summed E-state index contributed by atoms with van der Waals surface area (Å²) in [6, 6.07) is 11.4. The zero-order valence-corrected chi connectivity index (χ0v) is 18.0. The number of hydrogen-bond acceptors (Lipinski definition) is 5. The normalized spacial score (nSPS) is 17.0. The van der Waals surface area contributed by atoms with Crippen LogP contribution in [0.15, 0.2) is 47.5 Å². The number of Topliss-reactive ketones (excluding diaryl/α,β-unsaturated/α-hetero) is 1. The summed E-state index contributed by atoms with van der Waals surface area (Å²) in [5.41, 5.74) is 3.46. The van der Waals surface area contributed by atoms with Crippen LogP contribution in [-0.2, 0) is 4.79 Å². The van der Waals surface area contributed by atoms with Gasteiger partial charge in [0.05, 0.1) is 28.4 Å². The molecule has 5 heteroatoms. The molecule has 1 aliphatic carbocycles. The fraction of sp³-hybridized carbons (Fsp3) is 0.320. The summed E-state index contributed by atoms with van der Waals surface area (Å²) in [7, 11) is 6.43. The quantitative estimate of drug-likeness (QED) is 0.478. The van der Waals surface area contributed by atoms with E-state index in [9.17, 15) is 4.79 Å². The topological polar surface area (TPSA) is 54.0 Å². The molecule has 3 rings (SSSR count). The van der Waals surface area contributed by atoms with Crippen LogP contribution in [0.25, 0.3) is 12.2 Å². The van der Waals surface area contributed by atoms with E-state index in [2.05, 4.69) is 0 Å². The highest BCUT2D eigenvalue weighted by Crippen LogP contribution is 2.32. The van der Waals surface area contributed by atoms with E-state index in [0.717, 1.165) is 48.0 Å². The second kappa shape index (κ2) is 10.0. The number of carbonyl (C=O) groups is 1. The molecule has 158 valence electrons. The molecule has 1 aliphatic rings. The lowest BCUT2D eigenvalue weighted by molar-refractivity contribution is -0.112. The van der Waals surface area contributed by atoms with Gasteiger partial charge in [0, 0.05) is 11.1 Å². The molecular weight excluding hydrogens is 380 g/mol. The molecule has 0 spiro atoms. The van der Waals surface area contributed by atoms with Crippen LogP contribution < -0.4 is 18.9 Å². The summed E-state index contributed by atoms with van der Waals surface area (Å²) >= 11 is 0. The van der Waals surface area contributed by atoms with Gasteiger partial charge in [0.1, 0.15) is 0 Å². The minimum absolute atomic E-state index is 0.0945. The molecule has 0 saturated heterocycles. The first-order chi connectivity index (χ1) is 14.6. The third-order valence-corrected chi connectivity index (χ3v) is 5.22. The Kier molecular flexibility index (Phi) is 7.17. The van der Waals surface area contributed by atoms with Gasteiger partial charge in [-0.1, -0.05) is 12.1 Å². The van der Waals surface area contributed by atoms with Gasteiger partial charge in [-0.3, -0.25) is 4.79 Å². The molecule has 2 aromatic rings. The van der Waals surface area contributed by atoms with Crippen LogP contribution >= 0.6 is 0 Å². The predicted octanol–water partition coefficient (Wildman–Crippen LogP) is 5.33. The van der Waals surface area contributed by atoms with Crippen LogP contribution in [0.5, 0.6) is 23.0 Å². The van der Waals surface area contributed by atoms with Gasteiger partial charge in [-0.15, -0.1) is 0 Å². The Morgan fingerprint density at radius 2 is 1.03 bits per heavy atom. The van der Waals surface area contributed by atoms with Crippen molar-refractivity contribution >= 4 is 17.9 Å². The molecule has 0 amide bonds. The van der Waals surface area contributed by atoms with Gasteiger partial charge in [-0.2, -0.15) is 0 Å². The van der Waals surface area contributed by atoms with Crippen LogP contribution in [-0.4, -0.2) is 34.2 Å². The molecule has 0 atom stereocenters. The standard InChI is InChI=1S/C25H28O5/c1-27-21-11-9-17(15-23(21)29-3)13-19-7-5-6-8-20(25(19)26)14-18-10-12-22(28-2)24(16-18)30-4/h9-16H,5-8H2,1-4H3/b19-13+,20-14+. The first-order valence-corrected chi connectivity index (χ1v) is 9.99. The van der Waals surface area contributed by atoms with E-state index in [4.69, 9.17) is 18.9 Å². The van der Waals surface area contributed by atoms with Crippen molar-refractivity contribution in [1.82, 2.24) is 0 Å². The van der Waals surface area contributed by atoms with Crippen molar-refractivity contribution in [1.29, 1.82) is 0 Å². The number of carbonyl (C=O) groups excluding carboxylic acids is 1. The van der Waals surface area contributed by atoms with Crippen molar-refractivity contribution in [3.05, 3.63) is 58.7 Å². The molecule has 1 saturated carbocycles. The Morgan fingerprint density at radius 1 is 0.633 bits per heavy atom. The van der Waals surface area contributed by atoms with Gasteiger partial charge in [-0.25, -0.2) is 0 Å². The minimum Gasteiger partial charge on any atom is -0.493 e. The lowest BCUT2D eigenvalue weighted by Gasteiger charge is -2.10. The summed E-state index contributed by atoms with van der Waals surface area (Å²) in [6.07, 6.45) is 7.39. The minimum atomic E-state index is 0.0945. The monoisotopic (exact) mass is 408 g/mol. The van der Waals surface area contributed by atoms with Crippen molar-refractivity contribution < 1.29 is 23.7 Å². The highest BCUT2D eigenvalue weighted by atomic mass is 16.5. The first kappa shape index (κ1) is 21.5. The van der Waals surface area contributed by atoms with Crippen LogP contribution in [0.1, 0.15) is 36.8 Å². The zero-order valence-electron chi connectivity index (χ0n) is 18.0. The number of benzene rings is 2. The van der Waals surface area contributed by atoms with Crippen LogP contribution in [0, 0.1) is 0 Å². The number of hydrogen-bond donors (Lipinski definition) is 0. The lowest BCUT2D eigenvalue weighted by atomic mass is 9.97. The summed E-state index contributed by atoms with van der Waals surface area (Å²) in [4.78, 5) is 13.3. The van der Waals surface area contributed by atoms with E-state index >= 15 is 0 Å². The number of methoxy groups -OCH3 is 4. The Bertz CT molecular complexity index is 894. The molecule has 0 unspecified atom stereocenters. The van der Waals surface area contributed by atoms with Gasteiger partial charge in [-0.05, 0) is 73.2 Å². The number of rotatable bonds is 6. The first-order valence-electron chi connectivity index (χ1n) is 9.99. The Labute approximate surface area is 177 Å². The molecule has 5 nitrogen and oxygen atoms in total. The highest BCUT2D eigenvalue weighted by molar-refractivity contribution is 6.13. The maximum absolute atomic E-state index is 13.3. The zero-order chi connectivity index (χ0) is 21.5. The largest absolute Gasteiger partial charge is 0.493 e. The molecular formula is C25H28O5. The number of ether oxygens (including phenoxy) is 4. The molecule has 0 heterocycles. The Morgan fingerprint density at radius 3 is 1.40 bits per heavy atom. The average Bonchev–Trinajstić information content (AvgIpc) is 2.95. The highest BCUT2D eigenvalue weighted by Gasteiger charge is 2.19. The van der Waals surface area contributed by atoms with Gasteiger partial charge in [0.15, 0.2) is 28.8 Å². The van der Waals surface area contributed by atoms with Gasteiger partial charge >= 0.3 is 0 Å². The predicted molar refractivity (Wildman–Crippen MR) is 119 cm³/mol. The fourth-order valence-corrected chi connectivity index (χ4v) is 3.63. The summed E-state index contributed by atoms with van der Waals surface area (Å²) < 4.78 is 21.4. The third-order valence-electron chi connectivity index (χ3n) is 5.22. The molecule has 0 radical (unpaired) electrons. The third kappa shape index (κ3) is 4.85. The Hall–Kier alpha value is -3.21. The summed E-state index contributed by atoms with van der Waals surface area (Å²) in [6.45, 7) is 0. The van der Waals surface area contributed by atoms with E-state index in [1.54, 1.807) is 28.4 Å². The van der Waals surface area contributed by atoms with Crippen LogP contribution in [0.2, 0.25) is 0 Å². The second-order valence-corrected chi connectivity index (χ2v) is 7.10. The maximum Gasteiger partial charge on any atom is 0.185 e. The van der Waals surface area contributed by atoms with Crippen LogP contribution in [0.3, 0.4) is 0 Å². The average molecular weight is 408 g/mol. The number of allylic oxidation sites excluding steroid dienone is 2. The van der Waals surface area contributed by atoms with Crippen LogP contribution in [0.4, 0.5) is 0 Å². The fourth-order valence-electron chi connectivity index (χ4n) is 3.63. The Balaban J connectivity index is 1.93. The van der Waals surface area contributed by atoms with Crippen molar-refractivity contribution in [2.24, 2.45) is 0 Å². The van der Waals surface area contributed by atoms with Crippen molar-refractivity contribution in [2.75, 3.05) is 28.4 Å². The lowest BCUT2D eigenvalue weighted by Crippen LogP contribution is -2.04.